The maximum Gasteiger partial charge on any atom is 0.187 e. The second-order valence-corrected chi connectivity index (χ2v) is 7.43. The van der Waals surface area contributed by atoms with Crippen molar-refractivity contribution in [1.82, 2.24) is 4.98 Å². The molecule has 0 fully saturated rings. The van der Waals surface area contributed by atoms with Crippen LogP contribution in [0.5, 0.6) is 5.75 Å². The number of aromatic nitrogens is 1. The van der Waals surface area contributed by atoms with Gasteiger partial charge in [-0.15, -0.1) is 11.3 Å². The summed E-state index contributed by atoms with van der Waals surface area (Å²) in [4.78, 5) is 4.78. The summed E-state index contributed by atoms with van der Waals surface area (Å²) in [6.07, 6.45) is 1.02. The van der Waals surface area contributed by atoms with Gasteiger partial charge in [-0.1, -0.05) is 48.5 Å². The van der Waals surface area contributed by atoms with Crippen molar-refractivity contribution in [1.29, 1.82) is 0 Å². The predicted octanol–water partition coefficient (Wildman–Crippen LogP) is 6.13. The van der Waals surface area contributed by atoms with Gasteiger partial charge in [-0.05, 0) is 46.9 Å². The zero-order valence-corrected chi connectivity index (χ0v) is 15.7. The van der Waals surface area contributed by atoms with E-state index in [-0.39, 0.29) is 0 Å². The van der Waals surface area contributed by atoms with Crippen molar-refractivity contribution in [3.63, 3.8) is 0 Å². The van der Waals surface area contributed by atoms with Crippen molar-refractivity contribution in [2.24, 2.45) is 0 Å². The second kappa shape index (κ2) is 6.56. The summed E-state index contributed by atoms with van der Waals surface area (Å²) < 4.78 is 5.41. The zero-order valence-electron chi connectivity index (χ0n) is 14.9. The highest BCUT2D eigenvalue weighted by atomic mass is 32.1. The van der Waals surface area contributed by atoms with Gasteiger partial charge in [-0.25, -0.2) is 4.98 Å². The largest absolute Gasteiger partial charge is 0.495 e. The number of methoxy groups -OCH3 is 1. The highest BCUT2D eigenvalue weighted by molar-refractivity contribution is 7.14. The number of ether oxygens (including phenoxy) is 1. The molecule has 4 heteroatoms. The van der Waals surface area contributed by atoms with Gasteiger partial charge in [-0.2, -0.15) is 0 Å². The van der Waals surface area contributed by atoms with Crippen LogP contribution in [0.15, 0.2) is 72.1 Å². The first-order valence-corrected chi connectivity index (χ1v) is 9.77. The van der Waals surface area contributed by atoms with E-state index in [1.165, 1.54) is 22.3 Å². The molecule has 4 aromatic rings. The topological polar surface area (TPSA) is 34.1 Å². The smallest absolute Gasteiger partial charge is 0.187 e. The maximum atomic E-state index is 5.41. The monoisotopic (exact) mass is 370 g/mol. The van der Waals surface area contributed by atoms with Gasteiger partial charge < -0.3 is 10.1 Å². The Morgan fingerprint density at radius 2 is 1.74 bits per heavy atom. The molecule has 1 heterocycles. The van der Waals surface area contributed by atoms with E-state index in [1.54, 1.807) is 18.4 Å². The third kappa shape index (κ3) is 2.88. The Balaban J connectivity index is 1.46. The van der Waals surface area contributed by atoms with Crippen molar-refractivity contribution < 1.29 is 4.74 Å². The number of benzene rings is 3. The van der Waals surface area contributed by atoms with Gasteiger partial charge in [0.2, 0.25) is 0 Å². The van der Waals surface area contributed by atoms with E-state index in [2.05, 4.69) is 53.2 Å². The number of nitrogens with one attached hydrogen (secondary N) is 1. The van der Waals surface area contributed by atoms with E-state index in [1.807, 2.05) is 24.3 Å². The van der Waals surface area contributed by atoms with Crippen LogP contribution in [0, 0.1) is 0 Å². The molecule has 1 aromatic heterocycles. The third-order valence-electron chi connectivity index (χ3n) is 4.95. The molecule has 0 saturated heterocycles. The van der Waals surface area contributed by atoms with Crippen LogP contribution in [0.3, 0.4) is 0 Å². The molecule has 0 unspecified atom stereocenters. The van der Waals surface area contributed by atoms with Crippen LogP contribution >= 0.6 is 11.3 Å². The van der Waals surface area contributed by atoms with Crippen LogP contribution < -0.4 is 10.1 Å². The SMILES string of the molecule is COc1ccccc1Nc1nc(-c2ccc3c(c2)-c2ccccc2C3)cs1. The van der Waals surface area contributed by atoms with Gasteiger partial charge in [0.05, 0.1) is 18.5 Å². The summed E-state index contributed by atoms with van der Waals surface area (Å²) in [5, 5.41) is 6.32. The molecule has 0 radical (unpaired) electrons. The summed E-state index contributed by atoms with van der Waals surface area (Å²) in [5.74, 6) is 0.809. The van der Waals surface area contributed by atoms with Crippen molar-refractivity contribution in [3.05, 3.63) is 83.2 Å². The Bertz CT molecular complexity index is 1130. The molecule has 3 aromatic carbocycles. The standard InChI is InChI=1S/C23H18N2OS/c1-26-22-9-5-4-8-20(22)24-23-25-21(14-27-23)17-11-10-16-12-15-6-2-3-7-18(15)19(16)13-17/h2-11,13-14H,12H2,1H3,(H,24,25). The molecule has 0 saturated carbocycles. The van der Waals surface area contributed by atoms with Gasteiger partial charge in [0.15, 0.2) is 5.13 Å². The highest BCUT2D eigenvalue weighted by Crippen LogP contribution is 2.39. The van der Waals surface area contributed by atoms with E-state index in [4.69, 9.17) is 9.72 Å². The zero-order chi connectivity index (χ0) is 18.2. The van der Waals surface area contributed by atoms with E-state index in [9.17, 15) is 0 Å². The number of hydrogen-bond donors (Lipinski definition) is 1. The van der Waals surface area contributed by atoms with Crippen LogP contribution in [0.1, 0.15) is 11.1 Å². The first kappa shape index (κ1) is 16.1. The average Bonchev–Trinajstić information content (AvgIpc) is 3.32. The van der Waals surface area contributed by atoms with Crippen LogP contribution in [0.2, 0.25) is 0 Å². The van der Waals surface area contributed by atoms with E-state index < -0.39 is 0 Å². The molecule has 27 heavy (non-hydrogen) atoms. The number of anilines is 2. The number of nitrogens with zero attached hydrogens (tertiary/aromatic N) is 1. The van der Waals surface area contributed by atoms with E-state index >= 15 is 0 Å². The number of para-hydroxylation sites is 2. The van der Waals surface area contributed by atoms with E-state index in [0.29, 0.717) is 0 Å². The minimum absolute atomic E-state index is 0.809. The number of hydrogen-bond acceptors (Lipinski definition) is 4. The Morgan fingerprint density at radius 1 is 0.926 bits per heavy atom. The lowest BCUT2D eigenvalue weighted by Gasteiger charge is -2.08. The lowest BCUT2D eigenvalue weighted by molar-refractivity contribution is 0.417. The number of fused-ring (bicyclic) bond motifs is 3. The second-order valence-electron chi connectivity index (χ2n) is 6.57. The summed E-state index contributed by atoms with van der Waals surface area (Å²) in [7, 11) is 1.68. The lowest BCUT2D eigenvalue weighted by atomic mass is 10.0. The van der Waals surface area contributed by atoms with Gasteiger partial charge in [0.1, 0.15) is 5.75 Å². The summed E-state index contributed by atoms with van der Waals surface area (Å²) in [5.41, 5.74) is 8.53. The number of rotatable bonds is 4. The molecule has 1 aliphatic carbocycles. The molecular weight excluding hydrogens is 352 g/mol. The van der Waals surface area contributed by atoms with Crippen molar-refractivity contribution in [2.45, 2.75) is 6.42 Å². The molecule has 0 spiro atoms. The first-order valence-electron chi connectivity index (χ1n) is 8.89. The molecule has 1 N–H and O–H groups in total. The summed E-state index contributed by atoms with van der Waals surface area (Å²) in [6.45, 7) is 0. The quantitative estimate of drug-likeness (QED) is 0.413. The van der Waals surface area contributed by atoms with Crippen LogP contribution in [-0.4, -0.2) is 12.1 Å². The Labute approximate surface area is 162 Å². The van der Waals surface area contributed by atoms with Crippen LogP contribution in [0.25, 0.3) is 22.4 Å². The Hall–Kier alpha value is -3.11. The molecule has 0 bridgehead atoms. The van der Waals surface area contributed by atoms with E-state index in [0.717, 1.165) is 34.2 Å². The normalized spacial score (nSPS) is 11.7. The Kier molecular flexibility index (Phi) is 3.91. The third-order valence-corrected chi connectivity index (χ3v) is 5.70. The minimum Gasteiger partial charge on any atom is -0.495 e. The molecular formula is C23H18N2OS. The van der Waals surface area contributed by atoms with Crippen molar-refractivity contribution in [3.8, 4) is 28.1 Å². The molecule has 132 valence electrons. The van der Waals surface area contributed by atoms with Crippen LogP contribution in [0.4, 0.5) is 10.8 Å². The fraction of sp³-hybridized carbons (Fsp3) is 0.0870. The Morgan fingerprint density at radius 3 is 2.67 bits per heavy atom. The molecule has 1 aliphatic rings. The number of thiazole rings is 1. The maximum absolute atomic E-state index is 5.41. The fourth-order valence-electron chi connectivity index (χ4n) is 3.61. The fourth-order valence-corrected chi connectivity index (χ4v) is 4.34. The summed E-state index contributed by atoms with van der Waals surface area (Å²) >= 11 is 1.60. The summed E-state index contributed by atoms with van der Waals surface area (Å²) in [6, 6.07) is 23.2. The van der Waals surface area contributed by atoms with Gasteiger partial charge in [0, 0.05) is 10.9 Å². The van der Waals surface area contributed by atoms with Crippen molar-refractivity contribution >= 4 is 22.2 Å². The molecule has 0 amide bonds. The van der Waals surface area contributed by atoms with Crippen molar-refractivity contribution in [2.75, 3.05) is 12.4 Å². The molecule has 0 atom stereocenters. The average molecular weight is 370 g/mol. The predicted molar refractivity (Wildman–Crippen MR) is 112 cm³/mol. The van der Waals surface area contributed by atoms with Gasteiger partial charge in [-0.3, -0.25) is 0 Å². The molecule has 5 rings (SSSR count). The molecule has 0 aliphatic heterocycles. The minimum atomic E-state index is 0.809. The highest BCUT2D eigenvalue weighted by Gasteiger charge is 2.18. The van der Waals surface area contributed by atoms with Gasteiger partial charge in [0.25, 0.3) is 0 Å². The molecule has 3 nitrogen and oxygen atoms in total. The lowest BCUT2D eigenvalue weighted by Crippen LogP contribution is -1.93. The van der Waals surface area contributed by atoms with Crippen LogP contribution in [-0.2, 0) is 6.42 Å². The van der Waals surface area contributed by atoms with Gasteiger partial charge >= 0.3 is 0 Å². The first-order chi connectivity index (χ1) is 13.3.